The first kappa shape index (κ1) is 19.7. The Bertz CT molecular complexity index is 1190. The molecule has 5 nitrogen and oxygen atoms in total. The Morgan fingerprint density at radius 2 is 1.70 bits per heavy atom. The summed E-state index contributed by atoms with van der Waals surface area (Å²) < 4.78 is 7.85. The lowest BCUT2D eigenvalue weighted by Crippen LogP contribution is -2.21. The summed E-state index contributed by atoms with van der Waals surface area (Å²) in [4.78, 5) is 17.5. The number of nitrogens with one attached hydrogen (secondary N) is 1. The number of carbonyl (C=O) groups excluding carboxylic acids is 1. The van der Waals surface area contributed by atoms with Crippen molar-refractivity contribution in [1.29, 1.82) is 0 Å². The van der Waals surface area contributed by atoms with Crippen LogP contribution in [0.5, 0.6) is 5.75 Å². The Balaban J connectivity index is 1.56. The predicted molar refractivity (Wildman–Crippen MR) is 120 cm³/mol. The zero-order chi connectivity index (χ0) is 21.1. The number of aryl methyl sites for hydroxylation is 3. The Kier molecular flexibility index (Phi) is 5.53. The fourth-order valence-electron chi connectivity index (χ4n) is 3.48. The number of benzene rings is 3. The Labute approximate surface area is 176 Å². The summed E-state index contributed by atoms with van der Waals surface area (Å²) in [6, 6.07) is 21.7. The summed E-state index contributed by atoms with van der Waals surface area (Å²) in [6.45, 7) is 6.53. The van der Waals surface area contributed by atoms with Crippen LogP contribution in [0.3, 0.4) is 0 Å². The van der Waals surface area contributed by atoms with Crippen molar-refractivity contribution < 1.29 is 9.53 Å². The number of anilines is 1. The quantitative estimate of drug-likeness (QED) is 0.486. The molecule has 1 N–H and O–H groups in total. The summed E-state index contributed by atoms with van der Waals surface area (Å²) in [5.41, 5.74) is 5.98. The van der Waals surface area contributed by atoms with Crippen LogP contribution in [0.1, 0.15) is 22.5 Å². The number of nitrogens with zero attached hydrogens (tertiary/aromatic N) is 2. The van der Waals surface area contributed by atoms with Gasteiger partial charge in [0.2, 0.25) is 5.91 Å². The van der Waals surface area contributed by atoms with E-state index < -0.39 is 0 Å². The number of hydrogen-bond acceptors (Lipinski definition) is 3. The number of carbonyl (C=O) groups is 1. The first-order chi connectivity index (χ1) is 14.5. The lowest BCUT2D eigenvalue weighted by atomic mass is 10.1. The number of imidazole rings is 1. The second kappa shape index (κ2) is 8.41. The summed E-state index contributed by atoms with van der Waals surface area (Å²) in [5.74, 6) is 1.40. The topological polar surface area (TPSA) is 56.2 Å². The SMILES string of the molecule is Cc1ccc(OCc2nc3ccccc3n2CC(=O)Nc2ccc(C)cc2C)cc1. The maximum Gasteiger partial charge on any atom is 0.244 e. The number of para-hydroxylation sites is 2. The average Bonchev–Trinajstić information content (AvgIpc) is 3.07. The molecule has 5 heteroatoms. The van der Waals surface area contributed by atoms with Crippen molar-refractivity contribution in [3.63, 3.8) is 0 Å². The highest BCUT2D eigenvalue weighted by atomic mass is 16.5. The van der Waals surface area contributed by atoms with Gasteiger partial charge in [-0.1, -0.05) is 47.5 Å². The van der Waals surface area contributed by atoms with E-state index in [1.54, 1.807) is 0 Å². The minimum Gasteiger partial charge on any atom is -0.486 e. The summed E-state index contributed by atoms with van der Waals surface area (Å²) >= 11 is 0. The van der Waals surface area contributed by atoms with Gasteiger partial charge in [0.05, 0.1) is 11.0 Å². The Morgan fingerprint density at radius 1 is 0.967 bits per heavy atom. The Hall–Kier alpha value is -3.60. The van der Waals surface area contributed by atoms with E-state index >= 15 is 0 Å². The van der Waals surface area contributed by atoms with E-state index in [-0.39, 0.29) is 19.1 Å². The minimum absolute atomic E-state index is 0.0957. The number of ether oxygens (including phenoxy) is 1. The molecule has 0 aliphatic carbocycles. The second-order valence-corrected chi connectivity index (χ2v) is 7.57. The van der Waals surface area contributed by atoms with Gasteiger partial charge < -0.3 is 14.6 Å². The van der Waals surface area contributed by atoms with Crippen molar-refractivity contribution in [2.24, 2.45) is 0 Å². The van der Waals surface area contributed by atoms with Gasteiger partial charge in [0, 0.05) is 5.69 Å². The maximum atomic E-state index is 12.8. The number of amides is 1. The third kappa shape index (κ3) is 4.35. The van der Waals surface area contributed by atoms with Crippen LogP contribution in [0.15, 0.2) is 66.7 Å². The van der Waals surface area contributed by atoms with Gasteiger partial charge in [-0.3, -0.25) is 4.79 Å². The summed E-state index contributed by atoms with van der Waals surface area (Å²) in [6.07, 6.45) is 0. The molecule has 4 rings (SSSR count). The zero-order valence-corrected chi connectivity index (χ0v) is 17.5. The van der Waals surface area contributed by atoms with E-state index in [0.29, 0.717) is 5.82 Å². The van der Waals surface area contributed by atoms with E-state index in [1.807, 2.05) is 86.0 Å². The van der Waals surface area contributed by atoms with Gasteiger partial charge in [-0.25, -0.2) is 4.98 Å². The maximum absolute atomic E-state index is 12.8. The standard InChI is InChI=1S/C25H25N3O2/c1-17-8-11-20(12-9-17)30-16-24-26-22-6-4-5-7-23(22)28(24)15-25(29)27-21-13-10-18(2)14-19(21)3/h4-14H,15-16H2,1-3H3,(H,27,29). The first-order valence-electron chi connectivity index (χ1n) is 10.0. The monoisotopic (exact) mass is 399 g/mol. The van der Waals surface area contributed by atoms with Crippen molar-refractivity contribution in [2.75, 3.05) is 5.32 Å². The normalized spacial score (nSPS) is 10.9. The van der Waals surface area contributed by atoms with Crippen LogP contribution >= 0.6 is 0 Å². The molecule has 0 radical (unpaired) electrons. The van der Waals surface area contributed by atoms with Gasteiger partial charge in [0.1, 0.15) is 24.7 Å². The van der Waals surface area contributed by atoms with E-state index in [2.05, 4.69) is 11.4 Å². The zero-order valence-electron chi connectivity index (χ0n) is 17.5. The van der Waals surface area contributed by atoms with Gasteiger partial charge in [0.25, 0.3) is 0 Å². The summed E-state index contributed by atoms with van der Waals surface area (Å²) in [7, 11) is 0. The molecule has 0 atom stereocenters. The highest BCUT2D eigenvalue weighted by Gasteiger charge is 2.15. The first-order valence-corrected chi connectivity index (χ1v) is 10.0. The van der Waals surface area contributed by atoms with Crippen molar-refractivity contribution in [2.45, 2.75) is 33.9 Å². The molecule has 0 aliphatic heterocycles. The molecule has 0 spiro atoms. The molecule has 1 aromatic heterocycles. The molecule has 152 valence electrons. The van der Waals surface area contributed by atoms with Crippen molar-refractivity contribution >= 4 is 22.6 Å². The van der Waals surface area contributed by atoms with Crippen LogP contribution in [0, 0.1) is 20.8 Å². The molecule has 1 amide bonds. The molecule has 0 saturated carbocycles. The lowest BCUT2D eigenvalue weighted by Gasteiger charge is -2.12. The van der Waals surface area contributed by atoms with Gasteiger partial charge in [0.15, 0.2) is 0 Å². The second-order valence-electron chi connectivity index (χ2n) is 7.57. The number of aromatic nitrogens is 2. The van der Waals surface area contributed by atoms with Gasteiger partial charge in [-0.2, -0.15) is 0 Å². The fourth-order valence-corrected chi connectivity index (χ4v) is 3.48. The van der Waals surface area contributed by atoms with E-state index in [9.17, 15) is 4.79 Å². The molecule has 3 aromatic carbocycles. The van der Waals surface area contributed by atoms with Crippen LogP contribution in [-0.4, -0.2) is 15.5 Å². The van der Waals surface area contributed by atoms with Gasteiger partial charge in [-0.15, -0.1) is 0 Å². The minimum atomic E-state index is -0.0957. The highest BCUT2D eigenvalue weighted by molar-refractivity contribution is 5.92. The van der Waals surface area contributed by atoms with Gasteiger partial charge >= 0.3 is 0 Å². The smallest absolute Gasteiger partial charge is 0.244 e. The van der Waals surface area contributed by atoms with Crippen LogP contribution < -0.4 is 10.1 Å². The number of rotatable bonds is 6. The third-order valence-electron chi connectivity index (χ3n) is 5.08. The van der Waals surface area contributed by atoms with Crippen molar-refractivity contribution in [1.82, 2.24) is 9.55 Å². The molecule has 0 fully saturated rings. The average molecular weight is 399 g/mol. The summed E-state index contributed by atoms with van der Waals surface area (Å²) in [5, 5.41) is 3.02. The molecule has 0 unspecified atom stereocenters. The van der Waals surface area contributed by atoms with E-state index in [4.69, 9.17) is 9.72 Å². The van der Waals surface area contributed by atoms with Crippen LogP contribution in [0.4, 0.5) is 5.69 Å². The predicted octanol–water partition coefficient (Wildman–Crippen LogP) is 5.18. The third-order valence-corrected chi connectivity index (χ3v) is 5.08. The fraction of sp³-hybridized carbons (Fsp3) is 0.200. The molecule has 30 heavy (non-hydrogen) atoms. The molecule has 1 heterocycles. The van der Waals surface area contributed by atoms with Crippen LogP contribution in [0.2, 0.25) is 0 Å². The van der Waals surface area contributed by atoms with E-state index in [1.165, 1.54) is 11.1 Å². The van der Waals surface area contributed by atoms with Crippen molar-refractivity contribution in [3.8, 4) is 5.75 Å². The Morgan fingerprint density at radius 3 is 2.47 bits per heavy atom. The molecule has 0 bridgehead atoms. The van der Waals surface area contributed by atoms with Crippen LogP contribution in [-0.2, 0) is 17.9 Å². The highest BCUT2D eigenvalue weighted by Crippen LogP contribution is 2.20. The molecular weight excluding hydrogens is 374 g/mol. The number of fused-ring (bicyclic) bond motifs is 1. The molecular formula is C25H25N3O2. The molecule has 4 aromatic rings. The van der Waals surface area contributed by atoms with Crippen molar-refractivity contribution in [3.05, 3.63) is 89.2 Å². The van der Waals surface area contributed by atoms with Crippen LogP contribution in [0.25, 0.3) is 11.0 Å². The molecule has 0 aliphatic rings. The molecule has 0 saturated heterocycles. The largest absolute Gasteiger partial charge is 0.486 e. The van der Waals surface area contributed by atoms with Gasteiger partial charge in [-0.05, 0) is 56.7 Å². The lowest BCUT2D eigenvalue weighted by molar-refractivity contribution is -0.116. The van der Waals surface area contributed by atoms with E-state index in [0.717, 1.165) is 28.0 Å². The number of hydrogen-bond donors (Lipinski definition) is 1.